The summed E-state index contributed by atoms with van der Waals surface area (Å²) in [4.78, 5) is 17.1. The van der Waals surface area contributed by atoms with Gasteiger partial charge in [-0.25, -0.2) is 15.0 Å². The summed E-state index contributed by atoms with van der Waals surface area (Å²) in [5.41, 5.74) is 3.73. The average molecular weight is 321 g/mol. The molecule has 7 nitrogen and oxygen atoms in total. The lowest BCUT2D eigenvalue weighted by molar-refractivity contribution is 0.770. The highest BCUT2D eigenvalue weighted by atomic mass is 15.3. The number of nitrogens with zero attached hydrogens (tertiary/aromatic N) is 5. The number of hydrogen-bond acceptors (Lipinski definition) is 5. The van der Waals surface area contributed by atoms with Gasteiger partial charge in [0.05, 0.1) is 28.2 Å². The molecule has 0 fully saturated rings. The number of aromatic nitrogens is 6. The smallest absolute Gasteiger partial charge is 0.163 e. The molecule has 4 aromatic rings. The summed E-state index contributed by atoms with van der Waals surface area (Å²) in [6.07, 6.45) is 0. The van der Waals surface area contributed by atoms with Crippen LogP contribution in [0.15, 0.2) is 24.3 Å². The van der Waals surface area contributed by atoms with Crippen molar-refractivity contribution in [3.63, 3.8) is 0 Å². The number of anilines is 1. The fourth-order valence-electron chi connectivity index (χ4n) is 3.00. The number of H-pyrrole nitrogens is 1. The topological polar surface area (TPSA) is 84.3 Å². The fraction of sp³-hybridized carbons (Fsp3) is 0.294. The van der Waals surface area contributed by atoms with Crippen LogP contribution in [0.1, 0.15) is 30.3 Å². The first kappa shape index (κ1) is 14.6. The van der Waals surface area contributed by atoms with Gasteiger partial charge in [-0.3, -0.25) is 4.68 Å². The van der Waals surface area contributed by atoms with Gasteiger partial charge in [-0.15, -0.1) is 0 Å². The van der Waals surface area contributed by atoms with Crippen molar-refractivity contribution in [2.75, 3.05) is 5.32 Å². The molecular weight excluding hydrogens is 302 g/mol. The summed E-state index contributed by atoms with van der Waals surface area (Å²) in [6, 6.07) is 7.99. The third-order valence-electron chi connectivity index (χ3n) is 4.14. The zero-order valence-electron chi connectivity index (χ0n) is 14.1. The van der Waals surface area contributed by atoms with E-state index in [1.165, 1.54) is 0 Å². The van der Waals surface area contributed by atoms with Gasteiger partial charge in [0.1, 0.15) is 17.5 Å². The molecule has 0 aliphatic carbocycles. The molecule has 0 aliphatic rings. The molecule has 122 valence electrons. The molecule has 0 radical (unpaired) electrons. The number of hydrogen-bond donors (Lipinski definition) is 2. The van der Waals surface area contributed by atoms with E-state index in [2.05, 4.69) is 37.3 Å². The van der Waals surface area contributed by atoms with E-state index in [0.29, 0.717) is 5.82 Å². The van der Waals surface area contributed by atoms with Gasteiger partial charge in [-0.05, 0) is 32.9 Å². The first-order valence-corrected chi connectivity index (χ1v) is 7.92. The quantitative estimate of drug-likeness (QED) is 0.606. The maximum atomic E-state index is 4.66. The van der Waals surface area contributed by atoms with Gasteiger partial charge < -0.3 is 10.3 Å². The Labute approximate surface area is 139 Å². The summed E-state index contributed by atoms with van der Waals surface area (Å²) in [5.74, 6) is 2.38. The van der Waals surface area contributed by atoms with E-state index in [-0.39, 0.29) is 6.04 Å². The SMILES string of the molecule is Cc1nc(N[C@H](C)c2nc3ccccc3[nH]2)c2c(C)nn(C)c2n1. The molecule has 0 bridgehead atoms. The maximum absolute atomic E-state index is 4.66. The molecule has 0 amide bonds. The predicted molar refractivity (Wildman–Crippen MR) is 93.9 cm³/mol. The standard InChI is InChI=1S/C17H19N7/c1-9-14-16(19-11(3)20-17(14)24(4)23-9)18-10(2)15-21-12-7-5-6-8-13(12)22-15/h5-8,10H,1-4H3,(H,21,22)(H,18,19,20)/t10-/m1/s1. The summed E-state index contributed by atoms with van der Waals surface area (Å²) < 4.78 is 1.79. The van der Waals surface area contributed by atoms with Gasteiger partial charge in [-0.1, -0.05) is 12.1 Å². The Hall–Kier alpha value is -2.96. The molecule has 0 spiro atoms. The van der Waals surface area contributed by atoms with Crippen molar-refractivity contribution in [1.82, 2.24) is 29.7 Å². The minimum absolute atomic E-state index is 0.0190. The Kier molecular flexibility index (Phi) is 3.23. The monoisotopic (exact) mass is 321 g/mol. The average Bonchev–Trinajstić information content (AvgIpc) is 3.09. The van der Waals surface area contributed by atoms with E-state index in [1.54, 1.807) is 4.68 Å². The van der Waals surface area contributed by atoms with Gasteiger partial charge in [0, 0.05) is 7.05 Å². The highest BCUT2D eigenvalue weighted by Crippen LogP contribution is 2.27. The van der Waals surface area contributed by atoms with Crippen molar-refractivity contribution in [2.45, 2.75) is 26.8 Å². The highest BCUT2D eigenvalue weighted by Gasteiger charge is 2.17. The van der Waals surface area contributed by atoms with Crippen LogP contribution >= 0.6 is 0 Å². The Morgan fingerprint density at radius 2 is 1.92 bits per heavy atom. The van der Waals surface area contributed by atoms with Gasteiger partial charge in [0.25, 0.3) is 0 Å². The number of para-hydroxylation sites is 2. The van der Waals surface area contributed by atoms with Gasteiger partial charge in [0.2, 0.25) is 0 Å². The molecule has 3 aromatic heterocycles. The number of imidazole rings is 1. The van der Waals surface area contributed by atoms with Crippen molar-refractivity contribution in [3.05, 3.63) is 41.6 Å². The molecule has 2 N–H and O–H groups in total. The van der Waals surface area contributed by atoms with E-state index >= 15 is 0 Å². The lowest BCUT2D eigenvalue weighted by Gasteiger charge is -2.13. The Morgan fingerprint density at radius 3 is 2.71 bits per heavy atom. The number of fused-ring (bicyclic) bond motifs is 2. The first-order valence-electron chi connectivity index (χ1n) is 7.92. The molecule has 24 heavy (non-hydrogen) atoms. The van der Waals surface area contributed by atoms with Crippen LogP contribution in [0.5, 0.6) is 0 Å². The number of rotatable bonds is 3. The van der Waals surface area contributed by atoms with Crippen LogP contribution < -0.4 is 5.32 Å². The third kappa shape index (κ3) is 2.29. The van der Waals surface area contributed by atoms with E-state index < -0.39 is 0 Å². The lowest BCUT2D eigenvalue weighted by atomic mass is 10.2. The zero-order valence-corrected chi connectivity index (χ0v) is 14.1. The van der Waals surface area contributed by atoms with Crippen LogP contribution in [-0.4, -0.2) is 29.7 Å². The van der Waals surface area contributed by atoms with E-state index in [9.17, 15) is 0 Å². The van der Waals surface area contributed by atoms with Gasteiger partial charge >= 0.3 is 0 Å². The Balaban J connectivity index is 1.75. The fourth-order valence-corrected chi connectivity index (χ4v) is 3.00. The second-order valence-electron chi connectivity index (χ2n) is 6.03. The molecule has 0 saturated heterocycles. The maximum Gasteiger partial charge on any atom is 0.163 e. The van der Waals surface area contributed by atoms with Crippen LogP contribution in [-0.2, 0) is 7.05 Å². The lowest BCUT2D eigenvalue weighted by Crippen LogP contribution is -2.11. The van der Waals surface area contributed by atoms with Crippen LogP contribution in [0, 0.1) is 13.8 Å². The predicted octanol–water partition coefficient (Wildman–Crippen LogP) is 3.03. The number of aromatic amines is 1. The Bertz CT molecular complexity index is 1010. The molecule has 0 unspecified atom stereocenters. The number of benzene rings is 1. The number of aryl methyl sites for hydroxylation is 3. The summed E-state index contributed by atoms with van der Waals surface area (Å²) in [7, 11) is 1.90. The third-order valence-corrected chi connectivity index (χ3v) is 4.14. The van der Waals surface area contributed by atoms with Crippen molar-refractivity contribution < 1.29 is 0 Å². The molecule has 1 aromatic carbocycles. The Morgan fingerprint density at radius 1 is 1.12 bits per heavy atom. The molecule has 0 saturated carbocycles. The molecular formula is C17H19N7. The minimum atomic E-state index is -0.0190. The van der Waals surface area contributed by atoms with Gasteiger partial charge in [0.15, 0.2) is 5.65 Å². The highest BCUT2D eigenvalue weighted by molar-refractivity contribution is 5.89. The first-order chi connectivity index (χ1) is 11.5. The van der Waals surface area contributed by atoms with Crippen molar-refractivity contribution in [2.24, 2.45) is 7.05 Å². The summed E-state index contributed by atoms with van der Waals surface area (Å²) in [6.45, 7) is 5.92. The molecule has 1 atom stereocenters. The van der Waals surface area contributed by atoms with E-state index in [1.807, 2.05) is 45.2 Å². The van der Waals surface area contributed by atoms with Crippen LogP contribution in [0.2, 0.25) is 0 Å². The summed E-state index contributed by atoms with van der Waals surface area (Å²) in [5, 5.41) is 8.87. The normalized spacial score (nSPS) is 12.8. The molecule has 7 heteroatoms. The second kappa shape index (κ2) is 5.30. The molecule has 4 rings (SSSR count). The van der Waals surface area contributed by atoms with E-state index in [0.717, 1.165) is 39.4 Å². The van der Waals surface area contributed by atoms with Crippen molar-refractivity contribution >= 4 is 27.9 Å². The van der Waals surface area contributed by atoms with Crippen LogP contribution in [0.25, 0.3) is 22.1 Å². The summed E-state index contributed by atoms with van der Waals surface area (Å²) >= 11 is 0. The van der Waals surface area contributed by atoms with Crippen LogP contribution in [0.3, 0.4) is 0 Å². The van der Waals surface area contributed by atoms with Crippen LogP contribution in [0.4, 0.5) is 5.82 Å². The zero-order chi connectivity index (χ0) is 16.8. The van der Waals surface area contributed by atoms with Gasteiger partial charge in [-0.2, -0.15) is 5.10 Å². The second-order valence-corrected chi connectivity index (χ2v) is 6.03. The minimum Gasteiger partial charge on any atom is -0.360 e. The van der Waals surface area contributed by atoms with E-state index in [4.69, 9.17) is 0 Å². The largest absolute Gasteiger partial charge is 0.360 e. The molecule has 0 aliphatic heterocycles. The van der Waals surface area contributed by atoms with Crippen molar-refractivity contribution in [1.29, 1.82) is 0 Å². The van der Waals surface area contributed by atoms with Crippen molar-refractivity contribution in [3.8, 4) is 0 Å². The number of nitrogens with one attached hydrogen (secondary N) is 2. The molecule has 3 heterocycles.